The van der Waals surface area contributed by atoms with Gasteiger partial charge >= 0.3 is 0 Å². The van der Waals surface area contributed by atoms with E-state index >= 15 is 0 Å². The first kappa shape index (κ1) is 13.6. The molecule has 0 aromatic carbocycles. The van der Waals surface area contributed by atoms with Crippen LogP contribution in [0.1, 0.15) is 75.0 Å². The molecule has 3 unspecified atom stereocenters. The fourth-order valence-electron chi connectivity index (χ4n) is 3.55. The van der Waals surface area contributed by atoms with Gasteiger partial charge in [0.05, 0.1) is 11.7 Å². The van der Waals surface area contributed by atoms with Crippen molar-refractivity contribution in [2.45, 2.75) is 71.9 Å². The molecule has 1 fully saturated rings. The summed E-state index contributed by atoms with van der Waals surface area (Å²) >= 11 is 0. The maximum Gasteiger partial charge on any atom is 0.0644 e. The van der Waals surface area contributed by atoms with Crippen LogP contribution in [-0.4, -0.2) is 9.78 Å². The fourth-order valence-corrected chi connectivity index (χ4v) is 3.55. The van der Waals surface area contributed by atoms with Crippen molar-refractivity contribution >= 4 is 0 Å². The van der Waals surface area contributed by atoms with Crippen LogP contribution in [0.3, 0.4) is 0 Å². The van der Waals surface area contributed by atoms with Crippen molar-refractivity contribution in [1.82, 2.24) is 9.78 Å². The molecule has 0 aliphatic heterocycles. The Balaban J connectivity index is 2.25. The van der Waals surface area contributed by atoms with Gasteiger partial charge in [0.2, 0.25) is 0 Å². The zero-order chi connectivity index (χ0) is 13.3. The zero-order valence-electron chi connectivity index (χ0n) is 12.2. The molecule has 0 spiro atoms. The van der Waals surface area contributed by atoms with Gasteiger partial charge in [-0.25, -0.2) is 0 Å². The Hall–Kier alpha value is -0.830. The van der Waals surface area contributed by atoms with E-state index in [-0.39, 0.29) is 6.04 Å². The molecule has 1 aromatic heterocycles. The second-order valence-corrected chi connectivity index (χ2v) is 5.91. The molecule has 3 nitrogen and oxygen atoms in total. The van der Waals surface area contributed by atoms with Crippen molar-refractivity contribution in [1.29, 1.82) is 0 Å². The molecule has 1 saturated carbocycles. The first-order valence-electron chi connectivity index (χ1n) is 7.35. The van der Waals surface area contributed by atoms with Crippen LogP contribution in [0.5, 0.6) is 0 Å². The molecule has 1 aliphatic carbocycles. The topological polar surface area (TPSA) is 43.8 Å². The normalized spacial score (nSPS) is 26.3. The molecule has 18 heavy (non-hydrogen) atoms. The minimum Gasteiger partial charge on any atom is -0.324 e. The van der Waals surface area contributed by atoms with Gasteiger partial charge in [-0.15, -0.1) is 0 Å². The largest absolute Gasteiger partial charge is 0.324 e. The van der Waals surface area contributed by atoms with Gasteiger partial charge < -0.3 is 5.73 Å². The molecule has 1 aromatic rings. The molecule has 1 aliphatic rings. The summed E-state index contributed by atoms with van der Waals surface area (Å²) in [6.07, 6.45) is 6.60. The van der Waals surface area contributed by atoms with Crippen LogP contribution in [-0.2, 0) is 0 Å². The Labute approximate surface area is 111 Å². The molecule has 0 radical (unpaired) electrons. The van der Waals surface area contributed by atoms with E-state index in [0.29, 0.717) is 6.04 Å². The third-order valence-electron chi connectivity index (χ3n) is 4.51. The average molecular weight is 249 g/mol. The number of rotatable bonds is 3. The molecule has 0 bridgehead atoms. The Bertz CT molecular complexity index is 406. The lowest BCUT2D eigenvalue weighted by atomic mass is 9.84. The molecule has 3 atom stereocenters. The van der Waals surface area contributed by atoms with Crippen molar-refractivity contribution in [3.63, 3.8) is 0 Å². The lowest BCUT2D eigenvalue weighted by molar-refractivity contribution is 0.244. The number of aromatic nitrogens is 2. The first-order chi connectivity index (χ1) is 8.54. The van der Waals surface area contributed by atoms with Gasteiger partial charge in [0.1, 0.15) is 0 Å². The smallest absolute Gasteiger partial charge is 0.0644 e. The zero-order valence-corrected chi connectivity index (χ0v) is 12.2. The summed E-state index contributed by atoms with van der Waals surface area (Å²) in [5.41, 5.74) is 9.70. The molecule has 0 amide bonds. The van der Waals surface area contributed by atoms with E-state index in [2.05, 4.69) is 32.4 Å². The predicted octanol–water partition coefficient (Wildman–Crippen LogP) is 3.66. The number of aryl methyl sites for hydroxylation is 1. The van der Waals surface area contributed by atoms with Gasteiger partial charge in [-0.3, -0.25) is 4.68 Å². The first-order valence-corrected chi connectivity index (χ1v) is 7.35. The third-order valence-corrected chi connectivity index (χ3v) is 4.51. The number of hydrogen-bond donors (Lipinski definition) is 1. The van der Waals surface area contributed by atoms with Crippen LogP contribution in [0, 0.1) is 19.8 Å². The van der Waals surface area contributed by atoms with Crippen LogP contribution in [0.15, 0.2) is 0 Å². The Morgan fingerprint density at radius 3 is 2.67 bits per heavy atom. The lowest BCUT2D eigenvalue weighted by Gasteiger charge is -2.29. The van der Waals surface area contributed by atoms with Crippen LogP contribution in [0.25, 0.3) is 0 Å². The van der Waals surface area contributed by atoms with Crippen molar-refractivity contribution in [3.8, 4) is 0 Å². The van der Waals surface area contributed by atoms with E-state index < -0.39 is 0 Å². The summed E-state index contributed by atoms with van der Waals surface area (Å²) in [5, 5.41) is 4.76. The summed E-state index contributed by atoms with van der Waals surface area (Å²) in [4.78, 5) is 0. The minimum atomic E-state index is 0.0873. The van der Waals surface area contributed by atoms with Gasteiger partial charge in [-0.05, 0) is 39.5 Å². The lowest BCUT2D eigenvalue weighted by Crippen LogP contribution is -2.21. The highest BCUT2D eigenvalue weighted by Crippen LogP contribution is 2.35. The Kier molecular flexibility index (Phi) is 4.10. The summed E-state index contributed by atoms with van der Waals surface area (Å²) in [6, 6.07) is 0.680. The second kappa shape index (κ2) is 5.43. The maximum atomic E-state index is 6.06. The molecular weight excluding hydrogens is 222 g/mol. The summed E-state index contributed by atoms with van der Waals surface area (Å²) in [6.45, 7) is 8.62. The molecule has 2 N–H and O–H groups in total. The SMILES string of the molecule is CCC1CCCC(n2nc(C)c(C(C)N)c2C)C1. The molecule has 2 rings (SSSR count). The van der Waals surface area contributed by atoms with Crippen LogP contribution in [0.4, 0.5) is 0 Å². The van der Waals surface area contributed by atoms with Gasteiger partial charge in [0.15, 0.2) is 0 Å². The summed E-state index contributed by atoms with van der Waals surface area (Å²) in [7, 11) is 0. The third kappa shape index (κ3) is 2.46. The highest BCUT2D eigenvalue weighted by molar-refractivity contribution is 5.27. The Morgan fingerprint density at radius 2 is 2.11 bits per heavy atom. The molecule has 102 valence electrons. The van der Waals surface area contributed by atoms with Crippen molar-refractivity contribution in [3.05, 3.63) is 17.0 Å². The number of nitrogens with two attached hydrogens (primary N) is 1. The molecular formula is C15H27N3. The summed E-state index contributed by atoms with van der Waals surface area (Å²) in [5.74, 6) is 0.881. The van der Waals surface area contributed by atoms with Gasteiger partial charge in [0.25, 0.3) is 0 Å². The van der Waals surface area contributed by atoms with Crippen LogP contribution >= 0.6 is 0 Å². The van der Waals surface area contributed by atoms with E-state index in [4.69, 9.17) is 10.8 Å². The fraction of sp³-hybridized carbons (Fsp3) is 0.800. The standard InChI is InChI=1S/C15H27N3/c1-5-13-7-6-8-14(9-13)18-12(4)15(10(2)16)11(3)17-18/h10,13-14H,5-9,16H2,1-4H3. The molecule has 1 heterocycles. The van der Waals surface area contributed by atoms with Crippen molar-refractivity contribution in [2.75, 3.05) is 0 Å². The average Bonchev–Trinajstić information content (AvgIpc) is 2.65. The molecule has 0 saturated heterocycles. The number of hydrogen-bond acceptors (Lipinski definition) is 2. The van der Waals surface area contributed by atoms with E-state index in [0.717, 1.165) is 11.6 Å². The van der Waals surface area contributed by atoms with E-state index in [1.807, 2.05) is 0 Å². The van der Waals surface area contributed by atoms with Crippen molar-refractivity contribution in [2.24, 2.45) is 11.7 Å². The van der Waals surface area contributed by atoms with Gasteiger partial charge in [-0.1, -0.05) is 26.2 Å². The Morgan fingerprint density at radius 1 is 1.39 bits per heavy atom. The summed E-state index contributed by atoms with van der Waals surface area (Å²) < 4.78 is 2.26. The highest BCUT2D eigenvalue weighted by Gasteiger charge is 2.25. The number of nitrogens with zero attached hydrogens (tertiary/aromatic N) is 2. The van der Waals surface area contributed by atoms with Crippen LogP contribution in [0.2, 0.25) is 0 Å². The predicted molar refractivity (Wildman–Crippen MR) is 75.6 cm³/mol. The van der Waals surface area contributed by atoms with E-state index in [1.54, 1.807) is 0 Å². The van der Waals surface area contributed by atoms with E-state index in [9.17, 15) is 0 Å². The quantitative estimate of drug-likeness (QED) is 0.888. The molecule has 3 heteroatoms. The minimum absolute atomic E-state index is 0.0873. The highest BCUT2D eigenvalue weighted by atomic mass is 15.3. The van der Waals surface area contributed by atoms with Crippen molar-refractivity contribution < 1.29 is 0 Å². The van der Waals surface area contributed by atoms with E-state index in [1.165, 1.54) is 43.4 Å². The second-order valence-electron chi connectivity index (χ2n) is 5.91. The van der Waals surface area contributed by atoms with Gasteiger partial charge in [-0.2, -0.15) is 5.10 Å². The van der Waals surface area contributed by atoms with Crippen LogP contribution < -0.4 is 5.73 Å². The van der Waals surface area contributed by atoms with Gasteiger partial charge in [0, 0.05) is 17.3 Å². The monoisotopic (exact) mass is 249 g/mol. The maximum absolute atomic E-state index is 6.06.